The van der Waals surface area contributed by atoms with Crippen LogP contribution in [0.3, 0.4) is 0 Å². The zero-order chi connectivity index (χ0) is 47.0. The maximum Gasteiger partial charge on any atom is 0.264 e. The number of benzene rings is 1. The molecule has 0 saturated carbocycles. The van der Waals surface area contributed by atoms with Crippen molar-refractivity contribution in [2.75, 3.05) is 184 Å². The largest absolute Gasteiger partial charge is 0.382 e. The second-order valence-electron chi connectivity index (χ2n) is 15.0. The predicted molar refractivity (Wildman–Crippen MR) is 241 cm³/mol. The van der Waals surface area contributed by atoms with Crippen molar-refractivity contribution < 1.29 is 80.8 Å². The SMILES string of the molecule is CCCCCCCOCCOCCOCCOCCOCCOCCOCCOCCOCCOCCOCCOCCOCCNc1cccc2c1C(=O)N(C1CCC(=O)NC1=O)C2=O. The minimum atomic E-state index is -1.01. The topological polar surface area (TPSA) is 216 Å². The summed E-state index contributed by atoms with van der Waals surface area (Å²) in [5, 5.41) is 5.34. The number of hydrogen-bond acceptors (Lipinski definition) is 18. The fourth-order valence-electron chi connectivity index (χ4n) is 6.47. The van der Waals surface area contributed by atoms with Crippen molar-refractivity contribution in [3.63, 3.8) is 0 Å². The Morgan fingerprint density at radius 2 is 0.864 bits per heavy atom. The predicted octanol–water partition coefficient (Wildman–Crippen LogP) is 2.69. The number of fused-ring (bicyclic) bond motifs is 1. The minimum absolute atomic E-state index is 0.0639. The van der Waals surface area contributed by atoms with E-state index < -0.39 is 29.7 Å². The van der Waals surface area contributed by atoms with E-state index in [0.717, 1.165) is 17.9 Å². The van der Waals surface area contributed by atoms with Gasteiger partial charge in [0, 0.05) is 25.3 Å². The average molecular weight is 944 g/mol. The third-order valence-corrected chi connectivity index (χ3v) is 9.89. The Hall–Kier alpha value is -3.22. The summed E-state index contributed by atoms with van der Waals surface area (Å²) >= 11 is 0. The molecule has 2 N–H and O–H groups in total. The van der Waals surface area contributed by atoms with Gasteiger partial charge in [0.15, 0.2) is 0 Å². The van der Waals surface area contributed by atoms with Crippen LogP contribution >= 0.6 is 0 Å². The van der Waals surface area contributed by atoms with Gasteiger partial charge in [0.25, 0.3) is 11.8 Å². The molecule has 1 atom stereocenters. The van der Waals surface area contributed by atoms with Crippen molar-refractivity contribution in [1.29, 1.82) is 0 Å². The standard InChI is InChI=1S/C46H77N3O17/c1-2-3-4-5-6-13-54-15-17-56-19-21-58-23-25-60-27-29-62-31-33-64-35-37-66-38-36-65-34-32-63-30-28-61-26-24-59-22-20-57-18-16-55-14-12-47-40-9-7-8-39-43(40)46(53)49(45(39)52)41-10-11-42(50)48-44(41)51/h7-9,41,47H,2-6,10-38H2,1H3,(H,48,50,51). The van der Waals surface area contributed by atoms with Crippen molar-refractivity contribution in [3.8, 4) is 0 Å². The Bertz CT molecular complexity index is 1430. The van der Waals surface area contributed by atoms with E-state index in [1.165, 1.54) is 25.7 Å². The number of nitrogens with zero attached hydrogens (tertiary/aromatic N) is 1. The molecule has 0 radical (unpaired) electrons. The van der Waals surface area contributed by atoms with Crippen LogP contribution in [0.1, 0.15) is 72.6 Å². The molecule has 20 nitrogen and oxygen atoms in total. The lowest BCUT2D eigenvalue weighted by Gasteiger charge is -2.27. The van der Waals surface area contributed by atoms with Gasteiger partial charge in [0.05, 0.1) is 176 Å². The minimum Gasteiger partial charge on any atom is -0.382 e. The number of carbonyl (C=O) groups is 4. The number of amides is 4. The first-order valence-corrected chi connectivity index (χ1v) is 23.6. The quantitative estimate of drug-likeness (QED) is 0.0710. The van der Waals surface area contributed by atoms with Crippen LogP contribution in [0, 0.1) is 0 Å². The molecule has 0 spiro atoms. The van der Waals surface area contributed by atoms with Crippen LogP contribution in [0.4, 0.5) is 5.69 Å². The normalized spacial score (nSPS) is 15.0. The van der Waals surface area contributed by atoms with E-state index >= 15 is 0 Å². The number of carbonyl (C=O) groups excluding carboxylic acids is 4. The van der Waals surface area contributed by atoms with Gasteiger partial charge in [-0.3, -0.25) is 29.4 Å². The highest BCUT2D eigenvalue weighted by Crippen LogP contribution is 2.32. The van der Waals surface area contributed by atoms with Crippen molar-refractivity contribution in [2.24, 2.45) is 0 Å². The number of hydrogen-bond donors (Lipinski definition) is 2. The molecule has 2 aliphatic heterocycles. The van der Waals surface area contributed by atoms with E-state index in [9.17, 15) is 19.2 Å². The fraction of sp³-hybridized carbons (Fsp3) is 0.783. The summed E-state index contributed by atoms with van der Waals surface area (Å²) < 4.78 is 71.8. The highest BCUT2D eigenvalue weighted by Gasteiger charge is 2.45. The highest BCUT2D eigenvalue weighted by molar-refractivity contribution is 6.25. The molecule has 3 rings (SSSR count). The van der Waals surface area contributed by atoms with E-state index in [1.54, 1.807) is 18.2 Å². The van der Waals surface area contributed by atoms with Gasteiger partial charge in [-0.2, -0.15) is 0 Å². The summed E-state index contributed by atoms with van der Waals surface area (Å²) in [6, 6.07) is 3.90. The van der Waals surface area contributed by atoms with E-state index in [-0.39, 0.29) is 24.0 Å². The first-order valence-electron chi connectivity index (χ1n) is 23.6. The molecule has 2 heterocycles. The Morgan fingerprint density at radius 3 is 1.26 bits per heavy atom. The molecule has 0 aliphatic carbocycles. The van der Waals surface area contributed by atoms with Crippen LogP contribution in [0.25, 0.3) is 0 Å². The zero-order valence-electron chi connectivity index (χ0n) is 39.2. The summed E-state index contributed by atoms with van der Waals surface area (Å²) in [7, 11) is 0. The molecule has 66 heavy (non-hydrogen) atoms. The van der Waals surface area contributed by atoms with Gasteiger partial charge < -0.3 is 66.9 Å². The lowest BCUT2D eigenvalue weighted by atomic mass is 10.0. The van der Waals surface area contributed by atoms with Gasteiger partial charge >= 0.3 is 0 Å². The maximum atomic E-state index is 13.2. The third-order valence-electron chi connectivity index (χ3n) is 9.89. The van der Waals surface area contributed by atoms with Gasteiger partial charge in [-0.05, 0) is 25.0 Å². The van der Waals surface area contributed by atoms with Gasteiger partial charge in [-0.25, -0.2) is 0 Å². The highest BCUT2D eigenvalue weighted by atomic mass is 16.6. The maximum absolute atomic E-state index is 13.2. The molecule has 378 valence electrons. The number of rotatable bonds is 47. The number of anilines is 1. The van der Waals surface area contributed by atoms with Crippen molar-refractivity contribution in [3.05, 3.63) is 29.3 Å². The number of ether oxygens (including phenoxy) is 13. The van der Waals surface area contributed by atoms with E-state index in [0.29, 0.717) is 177 Å². The summed E-state index contributed by atoms with van der Waals surface area (Å²) in [5.41, 5.74) is 0.904. The van der Waals surface area contributed by atoms with Gasteiger partial charge in [0.2, 0.25) is 11.8 Å². The zero-order valence-corrected chi connectivity index (χ0v) is 39.2. The number of piperidine rings is 1. The first-order chi connectivity index (χ1) is 32.5. The number of imide groups is 2. The van der Waals surface area contributed by atoms with Gasteiger partial charge in [0.1, 0.15) is 6.04 Å². The Labute approximate surface area is 390 Å². The molecule has 0 aromatic heterocycles. The smallest absolute Gasteiger partial charge is 0.264 e. The molecule has 1 fully saturated rings. The van der Waals surface area contributed by atoms with Crippen molar-refractivity contribution >= 4 is 29.3 Å². The number of unbranched alkanes of at least 4 members (excludes halogenated alkanes) is 4. The molecular weight excluding hydrogens is 867 g/mol. The molecule has 1 saturated heterocycles. The van der Waals surface area contributed by atoms with Crippen molar-refractivity contribution in [2.45, 2.75) is 57.9 Å². The van der Waals surface area contributed by atoms with Gasteiger partial charge in [-0.1, -0.05) is 38.7 Å². The van der Waals surface area contributed by atoms with Crippen LogP contribution in [-0.2, 0) is 71.2 Å². The Morgan fingerprint density at radius 1 is 0.485 bits per heavy atom. The third kappa shape index (κ3) is 26.4. The lowest BCUT2D eigenvalue weighted by molar-refractivity contribution is -0.136. The lowest BCUT2D eigenvalue weighted by Crippen LogP contribution is -2.54. The summed E-state index contributed by atoms with van der Waals surface area (Å²) in [6.45, 7) is 15.4. The van der Waals surface area contributed by atoms with Crippen LogP contribution < -0.4 is 10.6 Å². The van der Waals surface area contributed by atoms with Crippen LogP contribution in [-0.4, -0.2) is 213 Å². The molecule has 1 aromatic carbocycles. The van der Waals surface area contributed by atoms with Crippen molar-refractivity contribution in [1.82, 2.24) is 10.2 Å². The molecule has 1 aromatic rings. The Balaban J connectivity index is 0.943. The van der Waals surface area contributed by atoms with Crippen LogP contribution in [0.5, 0.6) is 0 Å². The molecule has 2 aliphatic rings. The first kappa shape index (κ1) is 57.1. The molecule has 20 heteroatoms. The second kappa shape index (κ2) is 39.7. The van der Waals surface area contributed by atoms with E-state index in [2.05, 4.69) is 17.6 Å². The van der Waals surface area contributed by atoms with E-state index in [1.807, 2.05) is 0 Å². The van der Waals surface area contributed by atoms with Gasteiger partial charge in [-0.15, -0.1) is 0 Å². The van der Waals surface area contributed by atoms with E-state index in [4.69, 9.17) is 61.6 Å². The Kier molecular flexibility index (Phi) is 34.4. The monoisotopic (exact) mass is 944 g/mol. The molecule has 4 amide bonds. The van der Waals surface area contributed by atoms with Crippen LogP contribution in [0.15, 0.2) is 18.2 Å². The number of nitrogens with one attached hydrogen (secondary N) is 2. The molecule has 0 bridgehead atoms. The average Bonchev–Trinajstić information content (AvgIpc) is 3.57. The summed E-state index contributed by atoms with van der Waals surface area (Å²) in [5.74, 6) is -2.17. The summed E-state index contributed by atoms with van der Waals surface area (Å²) in [4.78, 5) is 51.0. The molecular formula is C46H77N3O17. The summed E-state index contributed by atoms with van der Waals surface area (Å²) in [6.07, 6.45) is 6.39. The second-order valence-corrected chi connectivity index (χ2v) is 15.0. The fourth-order valence-corrected chi connectivity index (χ4v) is 6.47. The van der Waals surface area contributed by atoms with Crippen LogP contribution in [0.2, 0.25) is 0 Å². The molecule has 1 unspecified atom stereocenters.